The maximum atomic E-state index is 5.80. The highest BCUT2D eigenvalue weighted by molar-refractivity contribution is 9.10. The number of halogens is 1. The first-order valence-electron chi connectivity index (χ1n) is 6.45. The maximum absolute atomic E-state index is 5.80. The van der Waals surface area contributed by atoms with Crippen LogP contribution in [0.2, 0.25) is 0 Å². The lowest BCUT2D eigenvalue weighted by atomic mass is 10.0. The third-order valence-corrected chi connectivity index (χ3v) is 5.09. The molecule has 0 radical (unpaired) electrons. The van der Waals surface area contributed by atoms with E-state index in [0.717, 1.165) is 28.2 Å². The molecule has 4 heteroatoms. The molecular weight excluding hydrogens is 308 g/mol. The summed E-state index contributed by atoms with van der Waals surface area (Å²) in [5.41, 5.74) is 8.37. The van der Waals surface area contributed by atoms with E-state index in [0.29, 0.717) is 10.4 Å². The Balaban J connectivity index is 1.76. The summed E-state index contributed by atoms with van der Waals surface area (Å²) in [6.45, 7) is 1.06. The molecular formula is C14H17BrN2S. The Labute approximate surface area is 121 Å². The van der Waals surface area contributed by atoms with Crippen molar-refractivity contribution < 1.29 is 0 Å². The van der Waals surface area contributed by atoms with E-state index in [9.17, 15) is 0 Å². The predicted octanol–water partition coefficient (Wildman–Crippen LogP) is 3.69. The molecule has 1 aromatic rings. The van der Waals surface area contributed by atoms with Gasteiger partial charge in [-0.1, -0.05) is 18.3 Å². The Kier molecular flexibility index (Phi) is 3.10. The van der Waals surface area contributed by atoms with E-state index in [1.54, 1.807) is 0 Å². The van der Waals surface area contributed by atoms with E-state index >= 15 is 0 Å². The molecule has 0 atom stereocenters. The van der Waals surface area contributed by atoms with Gasteiger partial charge in [-0.25, -0.2) is 0 Å². The third kappa shape index (κ3) is 2.28. The standard InChI is InChI=1S/C14H17BrN2S/c15-10-2-1-3-11(12(10)13(16)18)17-8-14(6-7-14)9-4-5-9/h1-3,9,17H,4-8H2,(H2,16,18). The van der Waals surface area contributed by atoms with Crippen LogP contribution >= 0.6 is 28.1 Å². The van der Waals surface area contributed by atoms with Crippen molar-refractivity contribution in [2.75, 3.05) is 11.9 Å². The Morgan fingerprint density at radius 2 is 2.17 bits per heavy atom. The summed E-state index contributed by atoms with van der Waals surface area (Å²) < 4.78 is 0.969. The average Bonchev–Trinajstić information content (AvgIpc) is 3.17. The van der Waals surface area contributed by atoms with Crippen molar-refractivity contribution >= 4 is 38.8 Å². The molecule has 2 aliphatic rings. The molecule has 18 heavy (non-hydrogen) atoms. The molecule has 1 aromatic carbocycles. The zero-order valence-corrected chi connectivity index (χ0v) is 12.6. The Morgan fingerprint density at radius 3 is 2.72 bits per heavy atom. The van der Waals surface area contributed by atoms with Crippen molar-refractivity contribution in [3.05, 3.63) is 28.2 Å². The molecule has 0 amide bonds. The number of thiocarbonyl (C=S) groups is 1. The number of rotatable bonds is 5. The van der Waals surface area contributed by atoms with E-state index < -0.39 is 0 Å². The van der Waals surface area contributed by atoms with Gasteiger partial charge in [0, 0.05) is 22.3 Å². The van der Waals surface area contributed by atoms with Crippen LogP contribution in [0.1, 0.15) is 31.2 Å². The topological polar surface area (TPSA) is 38.0 Å². The van der Waals surface area contributed by atoms with Gasteiger partial charge in [0.15, 0.2) is 0 Å². The SMILES string of the molecule is NC(=S)c1c(Br)cccc1NCC1(C2CC2)CC1. The van der Waals surface area contributed by atoms with Gasteiger partial charge in [0.25, 0.3) is 0 Å². The van der Waals surface area contributed by atoms with Crippen LogP contribution in [0, 0.1) is 11.3 Å². The highest BCUT2D eigenvalue weighted by Gasteiger charge is 2.53. The van der Waals surface area contributed by atoms with Crippen molar-refractivity contribution in [3.8, 4) is 0 Å². The van der Waals surface area contributed by atoms with Gasteiger partial charge in [-0.3, -0.25) is 0 Å². The highest BCUT2D eigenvalue weighted by atomic mass is 79.9. The fraction of sp³-hybridized carbons (Fsp3) is 0.500. The van der Waals surface area contributed by atoms with Gasteiger partial charge in [0.1, 0.15) is 4.99 Å². The van der Waals surface area contributed by atoms with Crippen LogP contribution in [0.25, 0.3) is 0 Å². The quantitative estimate of drug-likeness (QED) is 0.811. The fourth-order valence-corrected chi connectivity index (χ4v) is 3.71. The zero-order chi connectivity index (χ0) is 12.8. The largest absolute Gasteiger partial charge is 0.389 e. The summed E-state index contributed by atoms with van der Waals surface area (Å²) in [5.74, 6) is 0.963. The number of hydrogen-bond acceptors (Lipinski definition) is 2. The Hall–Kier alpha value is -0.610. The second-order valence-electron chi connectivity index (χ2n) is 5.52. The normalized spacial score (nSPS) is 20.5. The van der Waals surface area contributed by atoms with Crippen molar-refractivity contribution in [2.45, 2.75) is 25.7 Å². The average molecular weight is 325 g/mol. The molecule has 0 saturated heterocycles. The second-order valence-corrected chi connectivity index (χ2v) is 6.81. The molecule has 0 aromatic heterocycles. The summed E-state index contributed by atoms with van der Waals surface area (Å²) in [6, 6.07) is 6.06. The second kappa shape index (κ2) is 4.49. The van der Waals surface area contributed by atoms with E-state index in [1.807, 2.05) is 12.1 Å². The summed E-state index contributed by atoms with van der Waals surface area (Å²) in [4.78, 5) is 0.446. The van der Waals surface area contributed by atoms with Crippen LogP contribution in [0.4, 0.5) is 5.69 Å². The molecule has 0 spiro atoms. The van der Waals surface area contributed by atoms with Crippen LogP contribution < -0.4 is 11.1 Å². The molecule has 2 fully saturated rings. The van der Waals surface area contributed by atoms with Crippen LogP contribution in [-0.4, -0.2) is 11.5 Å². The minimum absolute atomic E-state index is 0.446. The van der Waals surface area contributed by atoms with Gasteiger partial charge in [-0.2, -0.15) is 0 Å². The van der Waals surface area contributed by atoms with Gasteiger partial charge < -0.3 is 11.1 Å². The molecule has 0 heterocycles. The lowest BCUT2D eigenvalue weighted by Crippen LogP contribution is -2.20. The lowest BCUT2D eigenvalue weighted by molar-refractivity contribution is 0.467. The van der Waals surface area contributed by atoms with Crippen molar-refractivity contribution in [3.63, 3.8) is 0 Å². The fourth-order valence-electron chi connectivity index (χ4n) is 2.78. The molecule has 3 rings (SSSR count). The minimum atomic E-state index is 0.446. The van der Waals surface area contributed by atoms with Gasteiger partial charge in [-0.05, 0) is 65.1 Å². The monoisotopic (exact) mass is 324 g/mol. The van der Waals surface area contributed by atoms with Gasteiger partial charge in [0.05, 0.1) is 0 Å². The smallest absolute Gasteiger partial charge is 0.107 e. The van der Waals surface area contributed by atoms with Gasteiger partial charge in [-0.15, -0.1) is 0 Å². The van der Waals surface area contributed by atoms with Gasteiger partial charge >= 0.3 is 0 Å². The van der Waals surface area contributed by atoms with E-state index in [1.165, 1.54) is 25.7 Å². The van der Waals surface area contributed by atoms with Crippen LogP contribution in [0.5, 0.6) is 0 Å². The third-order valence-electron chi connectivity index (χ3n) is 4.23. The van der Waals surface area contributed by atoms with E-state index in [2.05, 4.69) is 27.3 Å². The summed E-state index contributed by atoms with van der Waals surface area (Å²) in [6.07, 6.45) is 5.59. The van der Waals surface area contributed by atoms with Crippen molar-refractivity contribution in [2.24, 2.45) is 17.1 Å². The molecule has 0 aliphatic heterocycles. The number of benzene rings is 1. The summed E-state index contributed by atoms with van der Waals surface area (Å²) in [7, 11) is 0. The first-order valence-corrected chi connectivity index (χ1v) is 7.65. The summed E-state index contributed by atoms with van der Waals surface area (Å²) >= 11 is 8.65. The maximum Gasteiger partial charge on any atom is 0.107 e. The first-order chi connectivity index (χ1) is 8.62. The van der Waals surface area contributed by atoms with Crippen LogP contribution in [0.15, 0.2) is 22.7 Å². The van der Waals surface area contributed by atoms with E-state index in [-0.39, 0.29) is 0 Å². The molecule has 0 unspecified atom stereocenters. The number of anilines is 1. The Bertz CT molecular complexity index is 493. The molecule has 96 valence electrons. The highest BCUT2D eigenvalue weighted by Crippen LogP contribution is 2.61. The molecule has 2 aliphatic carbocycles. The molecule has 0 bridgehead atoms. The number of nitrogens with two attached hydrogens (primary N) is 1. The number of hydrogen-bond donors (Lipinski definition) is 2. The molecule has 2 nitrogen and oxygen atoms in total. The molecule has 2 saturated carbocycles. The predicted molar refractivity (Wildman–Crippen MR) is 82.9 cm³/mol. The van der Waals surface area contributed by atoms with Gasteiger partial charge in [0.2, 0.25) is 0 Å². The van der Waals surface area contributed by atoms with Crippen molar-refractivity contribution in [1.29, 1.82) is 0 Å². The van der Waals surface area contributed by atoms with Crippen LogP contribution in [-0.2, 0) is 0 Å². The van der Waals surface area contributed by atoms with Crippen LogP contribution in [0.3, 0.4) is 0 Å². The minimum Gasteiger partial charge on any atom is -0.389 e. The van der Waals surface area contributed by atoms with Crippen molar-refractivity contribution in [1.82, 2.24) is 0 Å². The molecule has 3 N–H and O–H groups in total. The van der Waals surface area contributed by atoms with E-state index in [4.69, 9.17) is 18.0 Å². The number of nitrogens with one attached hydrogen (secondary N) is 1. The Morgan fingerprint density at radius 1 is 1.44 bits per heavy atom. The lowest BCUT2D eigenvalue weighted by Gasteiger charge is -2.18. The zero-order valence-electron chi connectivity index (χ0n) is 10.2. The first kappa shape index (κ1) is 12.4. The summed E-state index contributed by atoms with van der Waals surface area (Å²) in [5, 5.41) is 3.56.